The van der Waals surface area contributed by atoms with Gasteiger partial charge in [0.05, 0.1) is 29.4 Å². The molecule has 36 heavy (non-hydrogen) atoms. The summed E-state index contributed by atoms with van der Waals surface area (Å²) in [4.78, 5) is 38.4. The van der Waals surface area contributed by atoms with Crippen LogP contribution in [0.4, 0.5) is 5.95 Å². The lowest BCUT2D eigenvalue weighted by Gasteiger charge is -2.29. The molecule has 186 valence electrons. The summed E-state index contributed by atoms with van der Waals surface area (Å²) in [5.74, 6) is 0.301. The summed E-state index contributed by atoms with van der Waals surface area (Å²) in [5, 5.41) is 8.43. The van der Waals surface area contributed by atoms with Crippen molar-refractivity contribution in [1.82, 2.24) is 24.2 Å². The number of rotatable bonds is 6. The number of pyridine rings is 1. The van der Waals surface area contributed by atoms with E-state index in [-0.39, 0.29) is 30.0 Å². The molecule has 0 bridgehead atoms. The van der Waals surface area contributed by atoms with Crippen molar-refractivity contribution < 1.29 is 9.63 Å². The number of halogens is 1. The molecule has 0 aliphatic carbocycles. The highest BCUT2D eigenvalue weighted by atomic mass is 35.5. The second-order valence-electron chi connectivity index (χ2n) is 9.14. The quantitative estimate of drug-likeness (QED) is 0.429. The summed E-state index contributed by atoms with van der Waals surface area (Å²) >= 11 is 6.07. The Hall–Kier alpha value is -3.85. The molecule has 5 rings (SSSR count). The molecule has 10 heteroatoms. The van der Waals surface area contributed by atoms with E-state index in [1.54, 1.807) is 21.7 Å². The number of benzene rings is 1. The van der Waals surface area contributed by atoms with E-state index in [4.69, 9.17) is 21.4 Å². The highest BCUT2D eigenvalue weighted by molar-refractivity contribution is 6.30. The topological polar surface area (TPSA) is 93.8 Å². The second kappa shape index (κ2) is 9.66. The van der Waals surface area contributed by atoms with Gasteiger partial charge in [0.25, 0.3) is 11.5 Å². The van der Waals surface area contributed by atoms with Gasteiger partial charge < -0.3 is 15.1 Å². The SMILES string of the molecule is COn1c(N[C@H](c2ccc(Cl)cc2)C(C)C)nc2c(c1=O)CN(C(=O)c1cc3ccccn3n1)CC2. The van der Waals surface area contributed by atoms with Crippen LogP contribution >= 0.6 is 11.6 Å². The molecule has 1 amide bonds. The minimum atomic E-state index is -0.337. The average Bonchev–Trinajstić information content (AvgIpc) is 3.32. The Balaban J connectivity index is 1.44. The third-order valence-corrected chi connectivity index (χ3v) is 6.68. The predicted molar refractivity (Wildman–Crippen MR) is 137 cm³/mol. The number of anilines is 1. The zero-order chi connectivity index (χ0) is 25.4. The van der Waals surface area contributed by atoms with Gasteiger partial charge in [0.1, 0.15) is 7.11 Å². The number of fused-ring (bicyclic) bond motifs is 2. The first kappa shape index (κ1) is 23.9. The fraction of sp³-hybridized carbons (Fsp3) is 0.308. The molecule has 0 fully saturated rings. The molecule has 1 N–H and O–H groups in total. The number of hydrogen-bond donors (Lipinski definition) is 1. The number of carbonyl (C=O) groups excluding carboxylic acids is 1. The van der Waals surface area contributed by atoms with E-state index >= 15 is 0 Å². The lowest BCUT2D eigenvalue weighted by atomic mass is 9.96. The molecular formula is C26H27ClN6O3. The maximum atomic E-state index is 13.4. The largest absolute Gasteiger partial charge is 0.411 e. The number of nitrogens with one attached hydrogen (secondary N) is 1. The number of nitrogens with zero attached hydrogens (tertiary/aromatic N) is 5. The van der Waals surface area contributed by atoms with Gasteiger partial charge in [-0.25, -0.2) is 9.50 Å². The van der Waals surface area contributed by atoms with Gasteiger partial charge in [0, 0.05) is 24.2 Å². The van der Waals surface area contributed by atoms with Crippen LogP contribution in [0.25, 0.3) is 5.52 Å². The van der Waals surface area contributed by atoms with Gasteiger partial charge in [-0.3, -0.25) is 9.59 Å². The van der Waals surface area contributed by atoms with Gasteiger partial charge in [-0.05, 0) is 41.8 Å². The summed E-state index contributed by atoms with van der Waals surface area (Å²) in [6, 6.07) is 14.9. The van der Waals surface area contributed by atoms with E-state index < -0.39 is 0 Å². The lowest BCUT2D eigenvalue weighted by molar-refractivity contribution is 0.0722. The molecule has 9 nitrogen and oxygen atoms in total. The summed E-state index contributed by atoms with van der Waals surface area (Å²) in [7, 11) is 1.43. The van der Waals surface area contributed by atoms with E-state index in [9.17, 15) is 9.59 Å². The molecule has 1 aliphatic rings. The smallest absolute Gasteiger partial charge is 0.293 e. The third kappa shape index (κ3) is 4.42. The first-order valence-electron chi connectivity index (χ1n) is 11.8. The van der Waals surface area contributed by atoms with Crippen molar-refractivity contribution in [3.8, 4) is 0 Å². The highest BCUT2D eigenvalue weighted by Crippen LogP contribution is 2.27. The number of carbonyl (C=O) groups is 1. The minimum absolute atomic E-state index is 0.120. The van der Waals surface area contributed by atoms with E-state index in [1.165, 1.54) is 7.11 Å². The van der Waals surface area contributed by atoms with Crippen LogP contribution < -0.4 is 15.7 Å². The van der Waals surface area contributed by atoms with Crippen molar-refractivity contribution in [2.75, 3.05) is 19.0 Å². The molecule has 1 atom stereocenters. The molecule has 0 saturated heterocycles. The Labute approximate surface area is 213 Å². The number of hydrogen-bond acceptors (Lipinski definition) is 6. The zero-order valence-electron chi connectivity index (χ0n) is 20.3. The fourth-order valence-corrected chi connectivity index (χ4v) is 4.67. The first-order valence-corrected chi connectivity index (χ1v) is 12.2. The number of amides is 1. The molecule has 0 spiro atoms. The number of aromatic nitrogens is 4. The lowest BCUT2D eigenvalue weighted by Crippen LogP contribution is -2.42. The van der Waals surface area contributed by atoms with E-state index in [0.717, 1.165) is 15.8 Å². The molecule has 3 aromatic heterocycles. The fourth-order valence-electron chi connectivity index (χ4n) is 4.54. The second-order valence-corrected chi connectivity index (χ2v) is 9.57. The zero-order valence-corrected chi connectivity index (χ0v) is 21.1. The maximum Gasteiger partial charge on any atom is 0.293 e. The Bertz CT molecular complexity index is 1440. The minimum Gasteiger partial charge on any atom is -0.411 e. The molecule has 4 heterocycles. The molecule has 0 unspecified atom stereocenters. The molecule has 0 radical (unpaired) electrons. The Kier molecular flexibility index (Phi) is 6.40. The highest BCUT2D eigenvalue weighted by Gasteiger charge is 2.29. The van der Waals surface area contributed by atoms with Crippen molar-refractivity contribution in [3.05, 3.63) is 92.6 Å². The van der Waals surface area contributed by atoms with Crippen LogP contribution in [-0.2, 0) is 13.0 Å². The van der Waals surface area contributed by atoms with Crippen LogP contribution in [0, 0.1) is 5.92 Å². The van der Waals surface area contributed by atoms with Crippen molar-refractivity contribution in [2.24, 2.45) is 5.92 Å². The van der Waals surface area contributed by atoms with Crippen LogP contribution in [0.1, 0.15) is 47.2 Å². The van der Waals surface area contributed by atoms with Gasteiger partial charge in [-0.15, -0.1) is 4.73 Å². The van der Waals surface area contributed by atoms with Gasteiger partial charge in [0.15, 0.2) is 5.69 Å². The normalized spacial score (nSPS) is 14.1. The van der Waals surface area contributed by atoms with Crippen molar-refractivity contribution in [3.63, 3.8) is 0 Å². The summed E-state index contributed by atoms with van der Waals surface area (Å²) in [6.45, 7) is 4.75. The van der Waals surface area contributed by atoms with Crippen molar-refractivity contribution in [1.29, 1.82) is 0 Å². The monoisotopic (exact) mass is 506 g/mol. The Morgan fingerprint density at radius 1 is 1.17 bits per heavy atom. The summed E-state index contributed by atoms with van der Waals surface area (Å²) in [5.41, 5.74) is 2.96. The third-order valence-electron chi connectivity index (χ3n) is 6.43. The van der Waals surface area contributed by atoms with Gasteiger partial charge >= 0.3 is 0 Å². The van der Waals surface area contributed by atoms with Gasteiger partial charge in [-0.1, -0.05) is 43.6 Å². The van der Waals surface area contributed by atoms with Crippen LogP contribution in [-0.4, -0.2) is 43.8 Å². The standard InChI is InChI=1S/C26H27ClN6O3/c1-16(2)23(17-7-9-18(27)10-8-17)29-26-28-21-11-13-31(15-20(21)24(34)33(26)36-3)25(35)22-14-19-6-4-5-12-32(19)30-22/h4-10,12,14,16,23H,11,13,15H2,1-3H3,(H,28,29)/t23-/m0/s1. The van der Waals surface area contributed by atoms with Crippen LogP contribution in [0.3, 0.4) is 0 Å². The Morgan fingerprint density at radius 2 is 1.94 bits per heavy atom. The van der Waals surface area contributed by atoms with Gasteiger partial charge in [0.2, 0.25) is 5.95 Å². The summed E-state index contributed by atoms with van der Waals surface area (Å²) < 4.78 is 2.82. The predicted octanol–water partition coefficient (Wildman–Crippen LogP) is 3.61. The van der Waals surface area contributed by atoms with Crippen molar-refractivity contribution >= 4 is 29.0 Å². The van der Waals surface area contributed by atoms with Gasteiger partial charge in [-0.2, -0.15) is 5.10 Å². The maximum absolute atomic E-state index is 13.4. The molecule has 0 saturated carbocycles. The van der Waals surface area contributed by atoms with E-state index in [2.05, 4.69) is 24.3 Å². The van der Waals surface area contributed by atoms with E-state index in [1.807, 2.05) is 42.5 Å². The van der Waals surface area contributed by atoms with Crippen molar-refractivity contribution in [2.45, 2.75) is 32.9 Å². The van der Waals surface area contributed by atoms with Crippen LogP contribution in [0.15, 0.2) is 59.5 Å². The van der Waals surface area contributed by atoms with Crippen LogP contribution in [0.5, 0.6) is 0 Å². The molecule has 1 aromatic carbocycles. The average molecular weight is 507 g/mol. The summed E-state index contributed by atoms with van der Waals surface area (Å²) in [6.07, 6.45) is 2.25. The first-order chi connectivity index (χ1) is 17.4. The van der Waals surface area contributed by atoms with E-state index in [0.29, 0.717) is 40.9 Å². The van der Waals surface area contributed by atoms with Crippen LogP contribution in [0.2, 0.25) is 5.02 Å². The Morgan fingerprint density at radius 3 is 2.64 bits per heavy atom. The molecule has 1 aliphatic heterocycles. The molecule has 4 aromatic rings. The molecular weight excluding hydrogens is 480 g/mol.